The van der Waals surface area contributed by atoms with Crippen molar-refractivity contribution in [2.24, 2.45) is 0 Å². The molecule has 0 unspecified atom stereocenters. The molecule has 2 heterocycles. The van der Waals surface area contributed by atoms with E-state index in [-0.39, 0.29) is 5.60 Å². The molecule has 2 aromatic heterocycles. The Morgan fingerprint density at radius 2 is 2.10 bits per heavy atom. The van der Waals surface area contributed by atoms with Crippen molar-refractivity contribution in [3.63, 3.8) is 0 Å². The number of ether oxygens (including phenoxy) is 1. The molecule has 0 saturated heterocycles. The highest BCUT2D eigenvalue weighted by molar-refractivity contribution is 5.57. The molecule has 1 N–H and O–H groups in total. The van der Waals surface area contributed by atoms with Gasteiger partial charge in [0.1, 0.15) is 5.82 Å². The normalized spacial score (nSPS) is 11.6. The number of methoxy groups -OCH3 is 1. The van der Waals surface area contributed by atoms with Gasteiger partial charge in [-0.3, -0.25) is 4.57 Å². The molecule has 2 rings (SSSR count). The average molecular weight is 274 g/mol. The Kier molecular flexibility index (Phi) is 4.39. The molecule has 0 fully saturated rings. The van der Waals surface area contributed by atoms with Crippen LogP contribution in [0.15, 0.2) is 30.7 Å². The molecule has 0 amide bonds. The van der Waals surface area contributed by atoms with Crippen LogP contribution >= 0.6 is 0 Å². The first-order valence-electron chi connectivity index (χ1n) is 6.78. The van der Waals surface area contributed by atoms with Crippen LogP contribution in [0.1, 0.15) is 26.1 Å². The van der Waals surface area contributed by atoms with Gasteiger partial charge in [-0.1, -0.05) is 0 Å². The molecule has 0 aliphatic heterocycles. The summed E-state index contributed by atoms with van der Waals surface area (Å²) in [4.78, 5) is 8.69. The Hall–Kier alpha value is -1.88. The summed E-state index contributed by atoms with van der Waals surface area (Å²) in [6, 6.07) is 3.96. The number of hydrogen-bond acceptors (Lipinski definition) is 4. The van der Waals surface area contributed by atoms with E-state index in [9.17, 15) is 0 Å². The number of nitrogens with zero attached hydrogens (tertiary/aromatic N) is 3. The molecule has 0 aromatic carbocycles. The first-order chi connectivity index (χ1) is 9.53. The summed E-state index contributed by atoms with van der Waals surface area (Å²) in [7, 11) is 1.74. The maximum absolute atomic E-state index is 5.43. The van der Waals surface area contributed by atoms with Gasteiger partial charge < -0.3 is 10.1 Å². The van der Waals surface area contributed by atoms with E-state index in [4.69, 9.17) is 4.74 Å². The van der Waals surface area contributed by atoms with Gasteiger partial charge in [0.2, 0.25) is 0 Å². The minimum Gasteiger partial charge on any atom is -0.382 e. The van der Waals surface area contributed by atoms with Crippen molar-refractivity contribution >= 4 is 5.69 Å². The van der Waals surface area contributed by atoms with Crippen molar-refractivity contribution in [1.82, 2.24) is 14.5 Å². The third-order valence-electron chi connectivity index (χ3n) is 3.44. The molecule has 5 heteroatoms. The molecule has 20 heavy (non-hydrogen) atoms. The predicted octanol–water partition coefficient (Wildman–Crippen LogP) is 2.80. The molecule has 0 aliphatic rings. The van der Waals surface area contributed by atoms with Gasteiger partial charge in [0.15, 0.2) is 5.82 Å². The van der Waals surface area contributed by atoms with Gasteiger partial charge in [0, 0.05) is 32.2 Å². The maximum atomic E-state index is 5.43. The molecular weight excluding hydrogens is 252 g/mol. The fraction of sp³-hybridized carbons (Fsp3) is 0.467. The minimum atomic E-state index is -0.125. The van der Waals surface area contributed by atoms with Crippen molar-refractivity contribution in [3.8, 4) is 5.82 Å². The molecular formula is C15H22N4O. The van der Waals surface area contributed by atoms with Gasteiger partial charge >= 0.3 is 0 Å². The lowest BCUT2D eigenvalue weighted by atomic mass is 10.1. The number of imidazole rings is 1. The third kappa shape index (κ3) is 3.36. The molecule has 0 spiro atoms. The highest BCUT2D eigenvalue weighted by Gasteiger charge is 2.16. The first-order valence-corrected chi connectivity index (χ1v) is 6.78. The van der Waals surface area contributed by atoms with Crippen LogP contribution in [0.3, 0.4) is 0 Å². The van der Waals surface area contributed by atoms with E-state index >= 15 is 0 Å². The van der Waals surface area contributed by atoms with Crippen molar-refractivity contribution < 1.29 is 4.74 Å². The van der Waals surface area contributed by atoms with E-state index in [1.807, 2.05) is 29.8 Å². The second-order valence-electron chi connectivity index (χ2n) is 5.36. The topological polar surface area (TPSA) is 52.0 Å². The number of aromatic nitrogens is 3. The zero-order valence-corrected chi connectivity index (χ0v) is 12.6. The summed E-state index contributed by atoms with van der Waals surface area (Å²) in [5.74, 6) is 1.79. The summed E-state index contributed by atoms with van der Waals surface area (Å²) in [5, 5.41) is 3.43. The third-order valence-corrected chi connectivity index (χ3v) is 3.44. The van der Waals surface area contributed by atoms with Crippen LogP contribution in [0.2, 0.25) is 0 Å². The van der Waals surface area contributed by atoms with E-state index in [1.165, 1.54) is 0 Å². The van der Waals surface area contributed by atoms with Gasteiger partial charge in [-0.25, -0.2) is 9.97 Å². The largest absolute Gasteiger partial charge is 0.382 e. The SMILES string of the molecule is COC(C)(C)CCNc1cccnc1-n1ccnc1C. The molecule has 0 atom stereocenters. The number of pyridine rings is 1. The van der Waals surface area contributed by atoms with E-state index in [1.54, 1.807) is 19.5 Å². The summed E-state index contributed by atoms with van der Waals surface area (Å²) < 4.78 is 7.40. The fourth-order valence-electron chi connectivity index (χ4n) is 1.93. The van der Waals surface area contributed by atoms with Crippen LogP contribution in [0, 0.1) is 6.92 Å². The van der Waals surface area contributed by atoms with Gasteiger partial charge in [-0.2, -0.15) is 0 Å². The van der Waals surface area contributed by atoms with Crippen LogP contribution < -0.4 is 5.32 Å². The van der Waals surface area contributed by atoms with E-state index in [0.717, 1.165) is 30.3 Å². The Morgan fingerprint density at radius 1 is 1.30 bits per heavy atom. The monoisotopic (exact) mass is 274 g/mol. The van der Waals surface area contributed by atoms with Gasteiger partial charge in [-0.15, -0.1) is 0 Å². The number of nitrogens with one attached hydrogen (secondary N) is 1. The standard InChI is InChI=1S/C15H22N4O/c1-12-16-10-11-19(12)14-13(6-5-8-18-14)17-9-7-15(2,3)20-4/h5-6,8,10-11,17H,7,9H2,1-4H3. The highest BCUT2D eigenvalue weighted by atomic mass is 16.5. The lowest BCUT2D eigenvalue weighted by Gasteiger charge is -2.23. The lowest BCUT2D eigenvalue weighted by molar-refractivity contribution is 0.0185. The minimum absolute atomic E-state index is 0.125. The second-order valence-corrected chi connectivity index (χ2v) is 5.36. The predicted molar refractivity (Wildman–Crippen MR) is 80.3 cm³/mol. The average Bonchev–Trinajstić information content (AvgIpc) is 2.85. The van der Waals surface area contributed by atoms with Gasteiger partial charge in [-0.05, 0) is 39.3 Å². The van der Waals surface area contributed by atoms with Crippen LogP contribution in [-0.2, 0) is 4.74 Å². The molecule has 0 bridgehead atoms. The van der Waals surface area contributed by atoms with Crippen molar-refractivity contribution in [1.29, 1.82) is 0 Å². The summed E-state index contributed by atoms with van der Waals surface area (Å²) in [6.07, 6.45) is 6.41. The van der Waals surface area contributed by atoms with Crippen LogP contribution in [0.5, 0.6) is 0 Å². The van der Waals surface area contributed by atoms with Crippen LogP contribution in [-0.4, -0.2) is 33.8 Å². The Morgan fingerprint density at radius 3 is 2.75 bits per heavy atom. The van der Waals surface area contributed by atoms with Crippen molar-refractivity contribution in [3.05, 3.63) is 36.5 Å². The molecule has 2 aromatic rings. The zero-order chi connectivity index (χ0) is 14.6. The van der Waals surface area contributed by atoms with E-state index in [0.29, 0.717) is 0 Å². The summed E-state index contributed by atoms with van der Waals surface area (Å²) in [6.45, 7) is 6.96. The molecule has 108 valence electrons. The molecule has 0 radical (unpaired) electrons. The van der Waals surface area contributed by atoms with Crippen LogP contribution in [0.4, 0.5) is 5.69 Å². The van der Waals surface area contributed by atoms with Crippen LogP contribution in [0.25, 0.3) is 5.82 Å². The Bertz CT molecular complexity index is 563. The van der Waals surface area contributed by atoms with Crippen molar-refractivity contribution in [2.75, 3.05) is 19.0 Å². The van der Waals surface area contributed by atoms with E-state index in [2.05, 4.69) is 29.1 Å². The van der Waals surface area contributed by atoms with Gasteiger partial charge in [0.25, 0.3) is 0 Å². The Labute approximate surface area is 120 Å². The number of anilines is 1. The Balaban J connectivity index is 2.12. The molecule has 0 aliphatic carbocycles. The number of rotatable bonds is 6. The van der Waals surface area contributed by atoms with Crippen molar-refractivity contribution in [2.45, 2.75) is 32.8 Å². The van der Waals surface area contributed by atoms with E-state index < -0.39 is 0 Å². The molecule has 0 saturated carbocycles. The fourth-order valence-corrected chi connectivity index (χ4v) is 1.93. The first kappa shape index (κ1) is 14.5. The maximum Gasteiger partial charge on any atom is 0.161 e. The number of aryl methyl sites for hydroxylation is 1. The second kappa shape index (κ2) is 6.05. The van der Waals surface area contributed by atoms with Gasteiger partial charge in [0.05, 0.1) is 11.3 Å². The summed E-state index contributed by atoms with van der Waals surface area (Å²) >= 11 is 0. The smallest absolute Gasteiger partial charge is 0.161 e. The number of hydrogen-bond donors (Lipinski definition) is 1. The quantitative estimate of drug-likeness (QED) is 0.880. The zero-order valence-electron chi connectivity index (χ0n) is 12.6. The summed E-state index contributed by atoms with van der Waals surface area (Å²) in [5.41, 5.74) is 0.876. The lowest BCUT2D eigenvalue weighted by Crippen LogP contribution is -2.26. The highest BCUT2D eigenvalue weighted by Crippen LogP contribution is 2.19. The molecule has 5 nitrogen and oxygen atoms in total.